The molecule has 24 heavy (non-hydrogen) atoms. The average molecular weight is 346 g/mol. The van der Waals surface area contributed by atoms with Crippen LogP contribution in [0.15, 0.2) is 47.4 Å². The van der Waals surface area contributed by atoms with E-state index in [-0.39, 0.29) is 4.90 Å². The predicted molar refractivity (Wildman–Crippen MR) is 95.5 cm³/mol. The molecule has 0 saturated heterocycles. The van der Waals surface area contributed by atoms with Gasteiger partial charge in [-0.3, -0.25) is 4.79 Å². The van der Waals surface area contributed by atoms with Crippen LogP contribution >= 0.6 is 0 Å². The first-order chi connectivity index (χ1) is 11.2. The summed E-state index contributed by atoms with van der Waals surface area (Å²) in [7, 11) is -3.74. The molecule has 128 valence electrons. The van der Waals surface area contributed by atoms with Crippen molar-refractivity contribution in [3.8, 4) is 0 Å². The number of rotatable bonds is 5. The van der Waals surface area contributed by atoms with Gasteiger partial charge in [-0.15, -0.1) is 0 Å². The van der Waals surface area contributed by atoms with Crippen LogP contribution in [-0.4, -0.2) is 20.4 Å². The smallest absolute Gasteiger partial charge is 0.242 e. The molecule has 0 unspecified atom stereocenters. The van der Waals surface area contributed by atoms with Gasteiger partial charge in [0.1, 0.15) is 0 Å². The topological polar surface area (TPSA) is 75.3 Å². The maximum Gasteiger partial charge on any atom is 0.242 e. The molecule has 0 spiro atoms. The number of anilines is 1. The fourth-order valence-electron chi connectivity index (χ4n) is 2.27. The van der Waals surface area contributed by atoms with Crippen LogP contribution in [0.25, 0.3) is 0 Å². The number of carbonyl (C=O) groups is 1. The van der Waals surface area contributed by atoms with E-state index >= 15 is 0 Å². The Morgan fingerprint density at radius 2 is 1.54 bits per heavy atom. The SMILES string of the molecule is Cc1ccc(S(=O)(=O)N[C@H](C)C(=O)Nc2ccc(C)cc2C)cc1. The summed E-state index contributed by atoms with van der Waals surface area (Å²) in [5.41, 5.74) is 3.66. The molecule has 2 N–H and O–H groups in total. The second-order valence-corrected chi connectivity index (χ2v) is 7.68. The summed E-state index contributed by atoms with van der Waals surface area (Å²) >= 11 is 0. The normalized spacial score (nSPS) is 12.7. The zero-order valence-corrected chi connectivity index (χ0v) is 15.1. The van der Waals surface area contributed by atoms with Crippen molar-refractivity contribution in [3.63, 3.8) is 0 Å². The van der Waals surface area contributed by atoms with Crippen LogP contribution in [0, 0.1) is 20.8 Å². The average Bonchev–Trinajstić information content (AvgIpc) is 2.50. The van der Waals surface area contributed by atoms with Crippen LogP contribution in [0.1, 0.15) is 23.6 Å². The minimum Gasteiger partial charge on any atom is -0.324 e. The third-order valence-corrected chi connectivity index (χ3v) is 5.25. The van der Waals surface area contributed by atoms with Crippen molar-refractivity contribution in [1.82, 2.24) is 4.72 Å². The van der Waals surface area contributed by atoms with E-state index in [4.69, 9.17) is 0 Å². The summed E-state index contributed by atoms with van der Waals surface area (Å²) in [6.45, 7) is 7.26. The van der Waals surface area contributed by atoms with Gasteiger partial charge < -0.3 is 5.32 Å². The Morgan fingerprint density at radius 3 is 2.12 bits per heavy atom. The molecule has 2 rings (SSSR count). The quantitative estimate of drug-likeness (QED) is 0.874. The summed E-state index contributed by atoms with van der Waals surface area (Å²) < 4.78 is 27.1. The van der Waals surface area contributed by atoms with E-state index in [9.17, 15) is 13.2 Å². The molecule has 0 heterocycles. The molecule has 0 radical (unpaired) electrons. The van der Waals surface area contributed by atoms with Crippen molar-refractivity contribution in [2.75, 3.05) is 5.32 Å². The molecule has 1 amide bonds. The second kappa shape index (κ2) is 7.15. The molecule has 0 fully saturated rings. The third kappa shape index (κ3) is 4.43. The van der Waals surface area contributed by atoms with Crippen molar-refractivity contribution in [2.24, 2.45) is 0 Å². The Labute approximate surface area is 143 Å². The lowest BCUT2D eigenvalue weighted by molar-refractivity contribution is -0.117. The van der Waals surface area contributed by atoms with Gasteiger partial charge in [0.15, 0.2) is 0 Å². The molecule has 0 bridgehead atoms. The summed E-state index contributed by atoms with van der Waals surface area (Å²) in [4.78, 5) is 12.4. The molecule has 1 atom stereocenters. The molecule has 0 saturated carbocycles. The highest BCUT2D eigenvalue weighted by Gasteiger charge is 2.22. The van der Waals surface area contributed by atoms with E-state index in [0.717, 1.165) is 16.7 Å². The van der Waals surface area contributed by atoms with Crippen LogP contribution in [0.5, 0.6) is 0 Å². The number of benzene rings is 2. The number of sulfonamides is 1. The van der Waals surface area contributed by atoms with Crippen LogP contribution < -0.4 is 10.0 Å². The largest absolute Gasteiger partial charge is 0.324 e. The lowest BCUT2D eigenvalue weighted by Crippen LogP contribution is -2.41. The van der Waals surface area contributed by atoms with Gasteiger partial charge in [-0.1, -0.05) is 35.4 Å². The minimum absolute atomic E-state index is 0.138. The molecule has 2 aromatic rings. The molecule has 0 aliphatic rings. The zero-order valence-electron chi connectivity index (χ0n) is 14.3. The molecule has 0 aromatic heterocycles. The molecule has 2 aromatic carbocycles. The van der Waals surface area contributed by atoms with Gasteiger partial charge in [-0.05, 0) is 51.5 Å². The van der Waals surface area contributed by atoms with E-state index in [1.165, 1.54) is 19.1 Å². The first-order valence-electron chi connectivity index (χ1n) is 7.66. The first kappa shape index (κ1) is 18.2. The maximum atomic E-state index is 12.3. The monoisotopic (exact) mass is 346 g/mol. The zero-order chi connectivity index (χ0) is 17.9. The summed E-state index contributed by atoms with van der Waals surface area (Å²) in [5, 5.41) is 2.75. The highest BCUT2D eigenvalue weighted by molar-refractivity contribution is 7.89. The first-order valence-corrected chi connectivity index (χ1v) is 9.14. The van der Waals surface area contributed by atoms with Crippen molar-refractivity contribution < 1.29 is 13.2 Å². The number of hydrogen-bond donors (Lipinski definition) is 2. The number of nitrogens with one attached hydrogen (secondary N) is 2. The van der Waals surface area contributed by atoms with Gasteiger partial charge in [-0.2, -0.15) is 4.72 Å². The molecule has 6 heteroatoms. The van der Waals surface area contributed by atoms with Crippen LogP contribution in [0.3, 0.4) is 0 Å². The van der Waals surface area contributed by atoms with Gasteiger partial charge in [-0.25, -0.2) is 8.42 Å². The number of amides is 1. The molecule has 5 nitrogen and oxygen atoms in total. The lowest BCUT2D eigenvalue weighted by atomic mass is 10.1. The van der Waals surface area contributed by atoms with Crippen molar-refractivity contribution >= 4 is 21.6 Å². The van der Waals surface area contributed by atoms with Crippen LogP contribution in [0.2, 0.25) is 0 Å². The Kier molecular flexibility index (Phi) is 5.41. The van der Waals surface area contributed by atoms with E-state index in [0.29, 0.717) is 5.69 Å². The Balaban J connectivity index is 2.09. The highest BCUT2D eigenvalue weighted by atomic mass is 32.2. The van der Waals surface area contributed by atoms with Gasteiger partial charge in [0.2, 0.25) is 15.9 Å². The maximum absolute atomic E-state index is 12.3. The van der Waals surface area contributed by atoms with Crippen molar-refractivity contribution in [3.05, 3.63) is 59.2 Å². The fraction of sp³-hybridized carbons (Fsp3) is 0.278. The predicted octanol–water partition coefficient (Wildman–Crippen LogP) is 2.92. The van der Waals surface area contributed by atoms with E-state index in [2.05, 4.69) is 10.0 Å². The lowest BCUT2D eigenvalue weighted by Gasteiger charge is -2.16. The molecular weight excluding hydrogens is 324 g/mol. The molecule has 0 aliphatic carbocycles. The Bertz CT molecular complexity index is 843. The summed E-state index contributed by atoms with van der Waals surface area (Å²) in [6, 6.07) is 11.2. The molecule has 0 aliphatic heterocycles. The van der Waals surface area contributed by atoms with Gasteiger partial charge in [0.05, 0.1) is 10.9 Å². The standard InChI is InChI=1S/C18H22N2O3S/c1-12-5-8-16(9-6-12)24(22,23)20-15(4)18(21)19-17-10-7-13(2)11-14(17)3/h5-11,15,20H,1-4H3,(H,19,21)/t15-/m1/s1. The fourth-order valence-corrected chi connectivity index (χ4v) is 3.47. The number of aryl methyl sites for hydroxylation is 3. The highest BCUT2D eigenvalue weighted by Crippen LogP contribution is 2.16. The Hall–Kier alpha value is -2.18. The van der Waals surface area contributed by atoms with Gasteiger partial charge >= 0.3 is 0 Å². The minimum atomic E-state index is -3.74. The van der Waals surface area contributed by atoms with E-state index < -0.39 is 22.0 Å². The van der Waals surface area contributed by atoms with Crippen LogP contribution in [0.4, 0.5) is 5.69 Å². The van der Waals surface area contributed by atoms with E-state index in [1.54, 1.807) is 12.1 Å². The second-order valence-electron chi connectivity index (χ2n) is 5.96. The van der Waals surface area contributed by atoms with Gasteiger partial charge in [0.25, 0.3) is 0 Å². The number of carbonyl (C=O) groups excluding carboxylic acids is 1. The van der Waals surface area contributed by atoms with Crippen LogP contribution in [-0.2, 0) is 14.8 Å². The number of hydrogen-bond acceptors (Lipinski definition) is 3. The van der Waals surface area contributed by atoms with Gasteiger partial charge in [0, 0.05) is 5.69 Å². The van der Waals surface area contributed by atoms with Crippen molar-refractivity contribution in [2.45, 2.75) is 38.6 Å². The van der Waals surface area contributed by atoms with Crippen molar-refractivity contribution in [1.29, 1.82) is 0 Å². The third-order valence-electron chi connectivity index (χ3n) is 3.70. The van der Waals surface area contributed by atoms with E-state index in [1.807, 2.05) is 39.0 Å². The molecular formula is C18H22N2O3S. The summed E-state index contributed by atoms with van der Waals surface area (Å²) in [5.74, 6) is -0.405. The Morgan fingerprint density at radius 1 is 0.958 bits per heavy atom. The summed E-state index contributed by atoms with van der Waals surface area (Å²) in [6.07, 6.45) is 0.